The number of nitrogens with zero attached hydrogens (tertiary/aromatic N) is 2. The number of hydrogen-bond donors (Lipinski definition) is 1. The van der Waals surface area contributed by atoms with Crippen LogP contribution in [0.5, 0.6) is 0 Å². The molecule has 5 nitrogen and oxygen atoms in total. The van der Waals surface area contributed by atoms with Gasteiger partial charge in [-0.25, -0.2) is 9.18 Å². The topological polar surface area (TPSA) is 53.0 Å². The largest absolute Gasteiger partial charge is 0.444 e. The molecule has 0 unspecified atom stereocenters. The molecule has 2 atom stereocenters. The van der Waals surface area contributed by atoms with E-state index in [0.717, 1.165) is 0 Å². The molecule has 6 heteroatoms. The molecule has 1 saturated heterocycles. The van der Waals surface area contributed by atoms with Crippen molar-refractivity contribution in [2.24, 2.45) is 0 Å². The maximum absolute atomic E-state index is 13.7. The van der Waals surface area contributed by atoms with Crippen molar-refractivity contribution in [3.8, 4) is 0 Å². The summed E-state index contributed by atoms with van der Waals surface area (Å²) < 4.78 is 19.1. The predicted octanol–water partition coefficient (Wildman–Crippen LogP) is 3.11. The zero-order valence-corrected chi connectivity index (χ0v) is 15.8. The fourth-order valence-corrected chi connectivity index (χ4v) is 2.96. The number of aliphatic hydroxyl groups excluding tert-OH is 1. The minimum absolute atomic E-state index is 0.00875. The van der Waals surface area contributed by atoms with Crippen molar-refractivity contribution in [3.05, 3.63) is 35.1 Å². The van der Waals surface area contributed by atoms with Gasteiger partial charge >= 0.3 is 6.09 Å². The van der Waals surface area contributed by atoms with E-state index in [-0.39, 0.29) is 18.0 Å². The van der Waals surface area contributed by atoms with Gasteiger partial charge in [-0.3, -0.25) is 4.90 Å². The van der Waals surface area contributed by atoms with Crippen LogP contribution < -0.4 is 0 Å². The molecule has 1 heterocycles. The average molecular weight is 352 g/mol. The maximum Gasteiger partial charge on any atom is 0.410 e. The molecule has 0 bridgehead atoms. The lowest BCUT2D eigenvalue weighted by Crippen LogP contribution is -2.55. The van der Waals surface area contributed by atoms with Gasteiger partial charge in [0, 0.05) is 32.2 Å². The molecule has 0 radical (unpaired) electrons. The van der Waals surface area contributed by atoms with Gasteiger partial charge < -0.3 is 14.7 Å². The zero-order valence-electron chi connectivity index (χ0n) is 15.8. The Balaban J connectivity index is 1.92. The summed E-state index contributed by atoms with van der Waals surface area (Å²) in [5.41, 5.74) is 0.625. The predicted molar refractivity (Wildman–Crippen MR) is 94.9 cm³/mol. The fraction of sp³-hybridized carbons (Fsp3) is 0.632. The number of halogens is 1. The maximum atomic E-state index is 13.7. The molecule has 0 aliphatic carbocycles. The number of benzene rings is 1. The van der Waals surface area contributed by atoms with Crippen molar-refractivity contribution in [1.29, 1.82) is 0 Å². The summed E-state index contributed by atoms with van der Waals surface area (Å²) in [5.74, 6) is -0.306. The van der Waals surface area contributed by atoms with Crippen molar-refractivity contribution in [1.82, 2.24) is 9.80 Å². The molecule has 140 valence electrons. The Morgan fingerprint density at radius 3 is 2.64 bits per heavy atom. The highest BCUT2D eigenvalue weighted by atomic mass is 19.1. The highest BCUT2D eigenvalue weighted by molar-refractivity contribution is 5.68. The Bertz CT molecular complexity index is 615. The number of hydrogen-bond acceptors (Lipinski definition) is 4. The normalized spacial score (nSPS) is 20.4. The summed E-state index contributed by atoms with van der Waals surface area (Å²) in [6, 6.07) is 4.81. The molecular weight excluding hydrogens is 323 g/mol. The molecule has 25 heavy (non-hydrogen) atoms. The number of amides is 1. The van der Waals surface area contributed by atoms with E-state index in [1.165, 1.54) is 6.07 Å². The van der Waals surface area contributed by atoms with E-state index in [4.69, 9.17) is 4.74 Å². The van der Waals surface area contributed by atoms with E-state index >= 15 is 0 Å². The van der Waals surface area contributed by atoms with Gasteiger partial charge in [0.1, 0.15) is 11.4 Å². The van der Waals surface area contributed by atoms with E-state index < -0.39 is 11.7 Å². The Morgan fingerprint density at radius 1 is 1.40 bits per heavy atom. The van der Waals surface area contributed by atoms with Gasteiger partial charge in [0.25, 0.3) is 0 Å². The molecule has 1 N–H and O–H groups in total. The second-order valence-electron chi connectivity index (χ2n) is 7.81. The zero-order chi connectivity index (χ0) is 18.8. The van der Waals surface area contributed by atoms with E-state index in [1.807, 2.05) is 27.7 Å². The van der Waals surface area contributed by atoms with Crippen molar-refractivity contribution in [2.45, 2.75) is 52.4 Å². The summed E-state index contributed by atoms with van der Waals surface area (Å²) in [5, 5.41) is 10.4. The second-order valence-corrected chi connectivity index (χ2v) is 7.81. The third kappa shape index (κ3) is 5.41. The summed E-state index contributed by atoms with van der Waals surface area (Å²) in [4.78, 5) is 16.1. The molecule has 1 aliphatic rings. The first-order chi connectivity index (χ1) is 11.6. The lowest BCUT2D eigenvalue weighted by Gasteiger charge is -2.40. The van der Waals surface area contributed by atoms with Crippen LogP contribution in [0.15, 0.2) is 18.2 Å². The van der Waals surface area contributed by atoms with Crippen molar-refractivity contribution in [3.63, 3.8) is 0 Å². The lowest BCUT2D eigenvalue weighted by molar-refractivity contribution is -0.00423. The van der Waals surface area contributed by atoms with Crippen LogP contribution in [0.3, 0.4) is 0 Å². The Kier molecular flexibility index (Phi) is 6.06. The number of aryl methyl sites for hydroxylation is 1. The molecule has 0 spiro atoms. The van der Waals surface area contributed by atoms with Gasteiger partial charge in [-0.1, -0.05) is 12.1 Å². The van der Waals surface area contributed by atoms with Crippen molar-refractivity contribution >= 4 is 6.09 Å². The number of β-amino-alcohol motifs (C(OH)–C–C–N with tert-alkyl or cyclic N) is 1. The van der Waals surface area contributed by atoms with Crippen molar-refractivity contribution < 1.29 is 19.0 Å². The van der Waals surface area contributed by atoms with Gasteiger partial charge in [0.15, 0.2) is 0 Å². The summed E-state index contributed by atoms with van der Waals surface area (Å²) in [7, 11) is 0. The van der Waals surface area contributed by atoms with Crippen molar-refractivity contribution in [2.75, 3.05) is 26.2 Å². The van der Waals surface area contributed by atoms with Crippen LogP contribution >= 0.6 is 0 Å². The van der Waals surface area contributed by atoms with E-state index in [1.54, 1.807) is 24.0 Å². The van der Waals surface area contributed by atoms with E-state index in [2.05, 4.69) is 4.90 Å². The minimum Gasteiger partial charge on any atom is -0.444 e. The Labute approximate surface area is 149 Å². The van der Waals surface area contributed by atoms with Crippen LogP contribution in [0.2, 0.25) is 0 Å². The monoisotopic (exact) mass is 352 g/mol. The minimum atomic E-state index is -0.754. The van der Waals surface area contributed by atoms with E-state index in [9.17, 15) is 14.3 Å². The smallest absolute Gasteiger partial charge is 0.410 e. The molecule has 1 aromatic carbocycles. The lowest BCUT2D eigenvalue weighted by atomic mass is 10.1. The third-order valence-corrected chi connectivity index (χ3v) is 4.35. The van der Waals surface area contributed by atoms with Crippen LogP contribution in [0.4, 0.5) is 9.18 Å². The van der Waals surface area contributed by atoms with Gasteiger partial charge in [-0.15, -0.1) is 0 Å². The van der Waals surface area contributed by atoms with Gasteiger partial charge in [0.2, 0.25) is 0 Å². The Morgan fingerprint density at radius 2 is 2.08 bits per heavy atom. The first kappa shape index (κ1) is 19.7. The van der Waals surface area contributed by atoms with Crippen LogP contribution in [-0.2, 0) is 4.74 Å². The number of rotatable bonds is 3. The molecule has 1 aromatic rings. The second kappa shape index (κ2) is 7.70. The highest BCUT2D eigenvalue weighted by Gasteiger charge is 2.31. The van der Waals surface area contributed by atoms with Crippen LogP contribution in [0.25, 0.3) is 0 Å². The van der Waals surface area contributed by atoms with Gasteiger partial charge in [0.05, 0.1) is 6.10 Å². The SMILES string of the molecule is Cc1ccc([C@H](O)CN2CCN(C(=O)OC(C)(C)C)[C@H](C)C2)cc1F. The Hall–Kier alpha value is -1.66. The molecular formula is C19H29FN2O3. The molecule has 0 aromatic heterocycles. The number of piperazine rings is 1. The summed E-state index contributed by atoms with van der Waals surface area (Å²) >= 11 is 0. The van der Waals surface area contributed by atoms with E-state index in [0.29, 0.717) is 37.3 Å². The molecule has 1 amide bonds. The van der Waals surface area contributed by atoms with Crippen LogP contribution in [0, 0.1) is 12.7 Å². The number of aliphatic hydroxyl groups is 1. The summed E-state index contributed by atoms with van der Waals surface area (Å²) in [6.45, 7) is 11.5. The summed E-state index contributed by atoms with van der Waals surface area (Å²) in [6.07, 6.45) is -1.06. The first-order valence-corrected chi connectivity index (χ1v) is 8.73. The first-order valence-electron chi connectivity index (χ1n) is 8.73. The van der Waals surface area contributed by atoms with Gasteiger partial charge in [-0.05, 0) is 51.8 Å². The third-order valence-electron chi connectivity index (χ3n) is 4.35. The molecule has 0 saturated carbocycles. The molecule has 2 rings (SSSR count). The molecule has 1 fully saturated rings. The quantitative estimate of drug-likeness (QED) is 0.908. The number of ether oxygens (including phenoxy) is 1. The molecule has 1 aliphatic heterocycles. The van der Waals surface area contributed by atoms with Crippen LogP contribution in [-0.4, -0.2) is 58.8 Å². The van der Waals surface area contributed by atoms with Gasteiger partial charge in [-0.2, -0.15) is 0 Å². The number of carbonyl (C=O) groups is 1. The highest BCUT2D eigenvalue weighted by Crippen LogP contribution is 2.20. The number of carbonyl (C=O) groups excluding carboxylic acids is 1. The fourth-order valence-electron chi connectivity index (χ4n) is 2.96. The standard InChI is InChI=1S/C19H29FN2O3/c1-13-6-7-15(10-16(13)20)17(23)12-21-8-9-22(14(2)11-21)18(24)25-19(3,4)5/h6-7,10,14,17,23H,8-9,11-12H2,1-5H3/t14-,17-/m1/s1. The average Bonchev–Trinajstić information content (AvgIpc) is 2.48. The van der Waals surface area contributed by atoms with Crippen LogP contribution in [0.1, 0.15) is 44.9 Å².